The van der Waals surface area contributed by atoms with Crippen molar-refractivity contribution in [3.05, 3.63) is 0 Å². The molecule has 4 fully saturated rings. The summed E-state index contributed by atoms with van der Waals surface area (Å²) in [5.74, 6) is 3.80. The van der Waals surface area contributed by atoms with Crippen LogP contribution in [0.25, 0.3) is 0 Å². The number of alkyl halides is 1. The molecule has 0 aromatic heterocycles. The van der Waals surface area contributed by atoms with Crippen LogP contribution in [0.3, 0.4) is 0 Å². The van der Waals surface area contributed by atoms with Crippen LogP contribution in [0.15, 0.2) is 0 Å². The van der Waals surface area contributed by atoms with Gasteiger partial charge < -0.3 is 9.31 Å². The number of hydrogen-bond acceptors (Lipinski definition) is 3. The molecule has 0 amide bonds. The van der Waals surface area contributed by atoms with Gasteiger partial charge in [-0.2, -0.15) is 11.8 Å². The first-order valence-electron chi connectivity index (χ1n) is 10.4. The molecule has 3 saturated carbocycles. The van der Waals surface area contributed by atoms with E-state index in [1.165, 1.54) is 44.3 Å². The molecule has 0 aromatic rings. The van der Waals surface area contributed by atoms with E-state index in [4.69, 9.17) is 20.9 Å². The smallest absolute Gasteiger partial charge is 0.404 e. The lowest BCUT2D eigenvalue weighted by Crippen LogP contribution is -2.65. The molecule has 4 rings (SSSR count). The fourth-order valence-corrected chi connectivity index (χ4v) is 6.68. The molecule has 1 saturated heterocycles. The van der Waals surface area contributed by atoms with E-state index in [0.29, 0.717) is 11.3 Å². The molecule has 0 radical (unpaired) electrons. The Hall–Kier alpha value is 0.625. The van der Waals surface area contributed by atoms with Gasteiger partial charge >= 0.3 is 7.12 Å². The number of unbranched alkanes of at least 4 members (excludes halogenated alkanes) is 4. The highest BCUT2D eigenvalue weighted by molar-refractivity contribution is 7.99. The maximum atomic E-state index is 6.66. The lowest BCUT2D eigenvalue weighted by molar-refractivity contribution is -0.199. The van der Waals surface area contributed by atoms with Gasteiger partial charge in [-0.3, -0.25) is 0 Å². The molecule has 144 valence electrons. The average Bonchev–Trinajstić information content (AvgIpc) is 2.94. The second-order valence-corrected chi connectivity index (χ2v) is 11.0. The van der Waals surface area contributed by atoms with Crippen LogP contribution in [0.1, 0.15) is 79.1 Å². The van der Waals surface area contributed by atoms with E-state index < -0.39 is 0 Å². The standard InChI is InChI=1S/C20H36BClO2S/c1-5-6-7-8-9-11-25-12-10-18(22)21-23-17-14-15-13-16(19(15,2)3)20(17,4)24-21/h15-18H,5-14H2,1-4H3/t15-,16-,17+,18+,20-/m0/s1. The van der Waals surface area contributed by atoms with Crippen LogP contribution in [0.5, 0.6) is 0 Å². The van der Waals surface area contributed by atoms with Crippen LogP contribution in [-0.2, 0) is 9.31 Å². The molecule has 0 N–H and O–H groups in total. The minimum atomic E-state index is -0.211. The summed E-state index contributed by atoms with van der Waals surface area (Å²) in [7, 11) is -0.211. The van der Waals surface area contributed by atoms with Crippen molar-refractivity contribution in [1.29, 1.82) is 0 Å². The Morgan fingerprint density at radius 3 is 2.60 bits per heavy atom. The molecule has 3 aliphatic carbocycles. The maximum absolute atomic E-state index is 6.66. The van der Waals surface area contributed by atoms with Crippen LogP contribution in [-0.4, -0.2) is 35.6 Å². The zero-order valence-corrected chi connectivity index (χ0v) is 18.1. The van der Waals surface area contributed by atoms with Crippen molar-refractivity contribution >= 4 is 30.5 Å². The summed E-state index contributed by atoms with van der Waals surface area (Å²) < 4.78 is 12.7. The second-order valence-electron chi connectivity index (χ2n) is 9.17. The van der Waals surface area contributed by atoms with E-state index in [-0.39, 0.29) is 24.1 Å². The molecular formula is C20H36BClO2S. The van der Waals surface area contributed by atoms with E-state index in [9.17, 15) is 0 Å². The van der Waals surface area contributed by atoms with Crippen LogP contribution in [0.2, 0.25) is 0 Å². The lowest BCUT2D eigenvalue weighted by Gasteiger charge is -2.64. The quantitative estimate of drug-likeness (QED) is 0.262. The van der Waals surface area contributed by atoms with Gasteiger partial charge in [0.25, 0.3) is 0 Å². The summed E-state index contributed by atoms with van der Waals surface area (Å²) in [4.78, 5) is 0. The largest absolute Gasteiger partial charge is 0.476 e. The van der Waals surface area contributed by atoms with Crippen molar-refractivity contribution in [1.82, 2.24) is 0 Å². The van der Waals surface area contributed by atoms with Crippen molar-refractivity contribution in [3.63, 3.8) is 0 Å². The zero-order valence-electron chi connectivity index (χ0n) is 16.6. The van der Waals surface area contributed by atoms with Crippen LogP contribution >= 0.6 is 23.4 Å². The predicted molar refractivity (Wildman–Crippen MR) is 110 cm³/mol. The zero-order chi connectivity index (χ0) is 18.1. The van der Waals surface area contributed by atoms with Gasteiger partial charge in [0.2, 0.25) is 0 Å². The molecule has 0 spiro atoms. The maximum Gasteiger partial charge on any atom is 0.476 e. The lowest BCUT2D eigenvalue weighted by atomic mass is 9.43. The first kappa shape index (κ1) is 20.4. The third-order valence-corrected chi connectivity index (χ3v) is 8.72. The second kappa shape index (κ2) is 8.33. The fraction of sp³-hybridized carbons (Fsp3) is 1.00. The Bertz CT molecular complexity index is 449. The van der Waals surface area contributed by atoms with Crippen LogP contribution < -0.4 is 0 Å². The van der Waals surface area contributed by atoms with Gasteiger partial charge in [-0.25, -0.2) is 0 Å². The monoisotopic (exact) mass is 386 g/mol. The fourth-order valence-electron chi connectivity index (χ4n) is 5.29. The SMILES string of the molecule is CCCCCCCSCC[C@@H](Cl)B1O[C@@H]2C[C@@H]3C[C@@H](C3(C)C)[C@]2(C)O1. The van der Waals surface area contributed by atoms with Gasteiger partial charge in [-0.1, -0.05) is 46.5 Å². The van der Waals surface area contributed by atoms with Gasteiger partial charge in [-0.15, -0.1) is 11.6 Å². The summed E-state index contributed by atoms with van der Waals surface area (Å²) in [6, 6.07) is 0. The molecule has 2 bridgehead atoms. The Labute approximate surface area is 164 Å². The van der Waals surface area contributed by atoms with Crippen molar-refractivity contribution in [2.75, 3.05) is 11.5 Å². The van der Waals surface area contributed by atoms with Gasteiger partial charge in [-0.05, 0) is 61.4 Å². The van der Waals surface area contributed by atoms with Crippen LogP contribution in [0.4, 0.5) is 0 Å². The highest BCUT2D eigenvalue weighted by Crippen LogP contribution is 2.65. The van der Waals surface area contributed by atoms with Gasteiger partial charge in [0, 0.05) is 0 Å². The molecule has 25 heavy (non-hydrogen) atoms. The Balaban J connectivity index is 1.36. The highest BCUT2D eigenvalue weighted by atomic mass is 35.5. The number of thioether (sulfide) groups is 1. The van der Waals surface area contributed by atoms with Gasteiger partial charge in [0.1, 0.15) is 0 Å². The van der Waals surface area contributed by atoms with Crippen molar-refractivity contribution in [3.8, 4) is 0 Å². The summed E-state index contributed by atoms with van der Waals surface area (Å²) in [5.41, 5.74) is 0.279. The van der Waals surface area contributed by atoms with Gasteiger partial charge in [0.15, 0.2) is 0 Å². The Morgan fingerprint density at radius 1 is 1.12 bits per heavy atom. The minimum absolute atomic E-state index is 0.0182. The summed E-state index contributed by atoms with van der Waals surface area (Å²) in [6.07, 6.45) is 10.5. The number of hydrogen-bond donors (Lipinski definition) is 0. The summed E-state index contributed by atoms with van der Waals surface area (Å²) >= 11 is 8.70. The topological polar surface area (TPSA) is 18.5 Å². The molecule has 5 heteroatoms. The molecule has 2 nitrogen and oxygen atoms in total. The van der Waals surface area contributed by atoms with E-state index in [1.807, 2.05) is 11.8 Å². The summed E-state index contributed by atoms with van der Waals surface area (Å²) in [5, 5.41) is -0.0182. The van der Waals surface area contributed by atoms with E-state index in [1.54, 1.807) is 0 Å². The van der Waals surface area contributed by atoms with Crippen molar-refractivity contribution in [2.24, 2.45) is 17.3 Å². The highest BCUT2D eigenvalue weighted by Gasteiger charge is 2.68. The first-order chi connectivity index (χ1) is 11.9. The summed E-state index contributed by atoms with van der Waals surface area (Å²) in [6.45, 7) is 9.34. The Morgan fingerprint density at radius 2 is 1.88 bits per heavy atom. The van der Waals surface area contributed by atoms with E-state index in [2.05, 4.69) is 27.7 Å². The third kappa shape index (κ3) is 4.07. The normalized spacial score (nSPS) is 36.8. The number of halogens is 1. The molecule has 5 atom stereocenters. The third-order valence-electron chi connectivity index (χ3n) is 7.19. The van der Waals surface area contributed by atoms with E-state index in [0.717, 1.165) is 24.5 Å². The van der Waals surface area contributed by atoms with E-state index >= 15 is 0 Å². The molecule has 0 unspecified atom stereocenters. The molecular weight excluding hydrogens is 351 g/mol. The van der Waals surface area contributed by atoms with Gasteiger partial charge in [0.05, 0.1) is 17.0 Å². The van der Waals surface area contributed by atoms with Crippen LogP contribution in [0, 0.1) is 17.3 Å². The van der Waals surface area contributed by atoms with Crippen molar-refractivity contribution in [2.45, 2.75) is 96.0 Å². The molecule has 1 aliphatic heterocycles. The average molecular weight is 387 g/mol. The molecule has 1 heterocycles. The molecule has 4 aliphatic rings. The van der Waals surface area contributed by atoms with Crippen molar-refractivity contribution < 1.29 is 9.31 Å². The Kier molecular flexibility index (Phi) is 6.78. The predicted octanol–water partition coefficient (Wildman–Crippen LogP) is 5.96. The number of rotatable bonds is 10. The molecule has 0 aromatic carbocycles. The first-order valence-corrected chi connectivity index (χ1v) is 12.0. The minimum Gasteiger partial charge on any atom is -0.404 e.